The summed E-state index contributed by atoms with van der Waals surface area (Å²) in [6, 6.07) is 0.713. The zero-order valence-corrected chi connectivity index (χ0v) is 6.35. The first-order valence-corrected chi connectivity index (χ1v) is 3.87. The first kappa shape index (κ1) is 7.07. The third-order valence-electron chi connectivity index (χ3n) is 1.72. The van der Waals surface area contributed by atoms with Crippen molar-refractivity contribution in [2.75, 3.05) is 6.54 Å². The molecule has 0 amide bonds. The standard InChI is InChI=1S/C8H16N/c1-7(2)6-8-4-3-5-9-8/h6-9H,3-5H2,1-2H3. The Bertz CT molecular complexity index is 72.6. The van der Waals surface area contributed by atoms with E-state index in [0.717, 1.165) is 5.92 Å². The Balaban J connectivity index is 2.11. The molecule has 0 aliphatic carbocycles. The van der Waals surface area contributed by atoms with Gasteiger partial charge in [-0.1, -0.05) is 13.8 Å². The van der Waals surface area contributed by atoms with E-state index in [-0.39, 0.29) is 0 Å². The van der Waals surface area contributed by atoms with Crippen molar-refractivity contribution >= 4 is 0 Å². The molecule has 1 N–H and O–H groups in total. The molecule has 1 rings (SSSR count). The maximum atomic E-state index is 3.43. The second-order valence-electron chi connectivity index (χ2n) is 3.14. The molecule has 1 aliphatic rings. The van der Waals surface area contributed by atoms with E-state index in [1.165, 1.54) is 19.4 Å². The molecule has 1 fully saturated rings. The third-order valence-corrected chi connectivity index (χ3v) is 1.72. The van der Waals surface area contributed by atoms with Gasteiger partial charge in [0.1, 0.15) is 0 Å². The summed E-state index contributed by atoms with van der Waals surface area (Å²) >= 11 is 0. The monoisotopic (exact) mass is 126 g/mol. The summed E-state index contributed by atoms with van der Waals surface area (Å²) in [5.74, 6) is 0.737. The quantitative estimate of drug-likeness (QED) is 0.592. The smallest absolute Gasteiger partial charge is 0.0102 e. The molecular weight excluding hydrogens is 110 g/mol. The molecule has 0 bridgehead atoms. The maximum absolute atomic E-state index is 3.43. The van der Waals surface area contributed by atoms with Crippen molar-refractivity contribution < 1.29 is 0 Å². The van der Waals surface area contributed by atoms with Crippen LogP contribution in [0.3, 0.4) is 0 Å². The SMILES string of the molecule is CC(C)[CH]C1CCCN1. The second kappa shape index (κ2) is 3.21. The summed E-state index contributed by atoms with van der Waals surface area (Å²) in [5, 5.41) is 3.43. The van der Waals surface area contributed by atoms with Crippen molar-refractivity contribution in [3.05, 3.63) is 6.42 Å². The Morgan fingerprint density at radius 3 is 2.78 bits per heavy atom. The molecule has 1 saturated heterocycles. The summed E-state index contributed by atoms with van der Waals surface area (Å²) in [4.78, 5) is 0. The zero-order chi connectivity index (χ0) is 6.69. The Labute approximate surface area is 57.8 Å². The van der Waals surface area contributed by atoms with E-state index in [4.69, 9.17) is 0 Å². The minimum absolute atomic E-state index is 0.713. The highest BCUT2D eigenvalue weighted by molar-refractivity contribution is 4.88. The molecule has 1 aliphatic heterocycles. The lowest BCUT2D eigenvalue weighted by Crippen LogP contribution is -2.23. The largest absolute Gasteiger partial charge is 0.314 e. The predicted molar refractivity (Wildman–Crippen MR) is 40.2 cm³/mol. The van der Waals surface area contributed by atoms with Crippen molar-refractivity contribution in [2.24, 2.45) is 5.92 Å². The third kappa shape index (κ3) is 2.35. The molecule has 0 aromatic rings. The first-order valence-electron chi connectivity index (χ1n) is 3.87. The molecule has 1 heterocycles. The minimum atomic E-state index is 0.713. The molecular formula is C8H16N. The second-order valence-corrected chi connectivity index (χ2v) is 3.14. The van der Waals surface area contributed by atoms with Crippen LogP contribution in [0.4, 0.5) is 0 Å². The minimum Gasteiger partial charge on any atom is -0.314 e. The highest BCUT2D eigenvalue weighted by Crippen LogP contribution is 2.12. The van der Waals surface area contributed by atoms with Crippen molar-refractivity contribution in [3.8, 4) is 0 Å². The Morgan fingerprint density at radius 2 is 2.33 bits per heavy atom. The number of hydrogen-bond acceptors (Lipinski definition) is 1. The van der Waals surface area contributed by atoms with Gasteiger partial charge in [-0.15, -0.1) is 0 Å². The van der Waals surface area contributed by atoms with E-state index >= 15 is 0 Å². The molecule has 0 spiro atoms. The summed E-state index contributed by atoms with van der Waals surface area (Å²) in [6.07, 6.45) is 5.10. The van der Waals surface area contributed by atoms with Gasteiger partial charge in [0.2, 0.25) is 0 Å². The van der Waals surface area contributed by atoms with Crippen LogP contribution in [0.25, 0.3) is 0 Å². The average molecular weight is 126 g/mol. The topological polar surface area (TPSA) is 12.0 Å². The lowest BCUT2D eigenvalue weighted by Gasteiger charge is -2.11. The van der Waals surface area contributed by atoms with Gasteiger partial charge in [-0.05, 0) is 31.7 Å². The van der Waals surface area contributed by atoms with Gasteiger partial charge in [-0.2, -0.15) is 0 Å². The van der Waals surface area contributed by atoms with E-state index in [2.05, 4.69) is 25.6 Å². The van der Waals surface area contributed by atoms with Gasteiger partial charge in [-0.3, -0.25) is 0 Å². The van der Waals surface area contributed by atoms with E-state index in [1.54, 1.807) is 0 Å². The van der Waals surface area contributed by atoms with Crippen LogP contribution in [0, 0.1) is 12.3 Å². The lowest BCUT2D eigenvalue weighted by molar-refractivity contribution is 0.590. The van der Waals surface area contributed by atoms with Crippen LogP contribution in [0.5, 0.6) is 0 Å². The van der Waals surface area contributed by atoms with Crippen molar-refractivity contribution in [3.63, 3.8) is 0 Å². The number of hydrogen-bond donors (Lipinski definition) is 1. The zero-order valence-electron chi connectivity index (χ0n) is 6.35. The first-order chi connectivity index (χ1) is 4.29. The molecule has 1 radical (unpaired) electrons. The van der Waals surface area contributed by atoms with Crippen LogP contribution in [0.15, 0.2) is 0 Å². The molecule has 0 aromatic heterocycles. The fourth-order valence-electron chi connectivity index (χ4n) is 1.34. The van der Waals surface area contributed by atoms with E-state index in [1.807, 2.05) is 0 Å². The highest BCUT2D eigenvalue weighted by Gasteiger charge is 2.14. The summed E-state index contributed by atoms with van der Waals surface area (Å²) < 4.78 is 0. The summed E-state index contributed by atoms with van der Waals surface area (Å²) in [7, 11) is 0. The van der Waals surface area contributed by atoms with Gasteiger partial charge in [0, 0.05) is 6.04 Å². The number of rotatable bonds is 2. The molecule has 53 valence electrons. The van der Waals surface area contributed by atoms with Crippen LogP contribution in [-0.2, 0) is 0 Å². The van der Waals surface area contributed by atoms with Gasteiger partial charge >= 0.3 is 0 Å². The van der Waals surface area contributed by atoms with E-state index in [9.17, 15) is 0 Å². The lowest BCUT2D eigenvalue weighted by atomic mass is 10.0. The molecule has 9 heavy (non-hydrogen) atoms. The Kier molecular flexibility index (Phi) is 2.52. The van der Waals surface area contributed by atoms with Crippen LogP contribution in [0.2, 0.25) is 0 Å². The molecule has 0 aromatic carbocycles. The molecule has 1 nitrogen and oxygen atoms in total. The Hall–Kier alpha value is -0.0400. The Morgan fingerprint density at radius 1 is 1.56 bits per heavy atom. The van der Waals surface area contributed by atoms with Crippen molar-refractivity contribution in [2.45, 2.75) is 32.7 Å². The molecule has 1 atom stereocenters. The van der Waals surface area contributed by atoms with Gasteiger partial charge in [-0.25, -0.2) is 0 Å². The molecule has 1 heteroatoms. The van der Waals surface area contributed by atoms with E-state index in [0.29, 0.717) is 6.04 Å². The van der Waals surface area contributed by atoms with Crippen LogP contribution < -0.4 is 5.32 Å². The maximum Gasteiger partial charge on any atom is 0.0102 e. The van der Waals surface area contributed by atoms with Gasteiger partial charge in [0.25, 0.3) is 0 Å². The fraction of sp³-hybridized carbons (Fsp3) is 0.875. The van der Waals surface area contributed by atoms with Crippen molar-refractivity contribution in [1.29, 1.82) is 0 Å². The van der Waals surface area contributed by atoms with Crippen LogP contribution >= 0.6 is 0 Å². The predicted octanol–water partition coefficient (Wildman–Crippen LogP) is 1.60. The summed E-state index contributed by atoms with van der Waals surface area (Å²) in [6.45, 7) is 5.69. The van der Waals surface area contributed by atoms with E-state index < -0.39 is 0 Å². The van der Waals surface area contributed by atoms with Crippen LogP contribution in [-0.4, -0.2) is 12.6 Å². The fourth-order valence-corrected chi connectivity index (χ4v) is 1.34. The van der Waals surface area contributed by atoms with Gasteiger partial charge in [0.15, 0.2) is 0 Å². The van der Waals surface area contributed by atoms with Gasteiger partial charge < -0.3 is 5.32 Å². The molecule has 0 saturated carbocycles. The van der Waals surface area contributed by atoms with Crippen LogP contribution in [0.1, 0.15) is 26.7 Å². The molecule has 1 unspecified atom stereocenters. The highest BCUT2D eigenvalue weighted by atomic mass is 14.9. The summed E-state index contributed by atoms with van der Waals surface area (Å²) in [5.41, 5.74) is 0. The van der Waals surface area contributed by atoms with Crippen molar-refractivity contribution in [1.82, 2.24) is 5.32 Å². The number of nitrogens with one attached hydrogen (secondary N) is 1. The average Bonchev–Trinajstić information content (AvgIpc) is 2.15. The van der Waals surface area contributed by atoms with Gasteiger partial charge in [0.05, 0.1) is 0 Å². The normalized spacial score (nSPS) is 27.7.